The lowest BCUT2D eigenvalue weighted by Gasteiger charge is -2.13. The second-order valence-corrected chi connectivity index (χ2v) is 3.61. The molecule has 3 nitrogen and oxygen atoms in total. The molecule has 1 aromatic rings. The van der Waals surface area contributed by atoms with Gasteiger partial charge in [0.1, 0.15) is 5.75 Å². The zero-order chi connectivity index (χ0) is 12.3. The Hall–Kier alpha value is -1.17. The summed E-state index contributed by atoms with van der Waals surface area (Å²) in [4.78, 5) is 11.0. The first-order valence-corrected chi connectivity index (χ1v) is 5.46. The third-order valence-corrected chi connectivity index (χ3v) is 2.60. The van der Waals surface area contributed by atoms with Crippen molar-refractivity contribution in [2.75, 3.05) is 0 Å². The topological polar surface area (TPSA) is 46.5 Å². The number of alkyl halides is 3. The van der Waals surface area contributed by atoms with E-state index in [1.165, 1.54) is 12.1 Å². The van der Waals surface area contributed by atoms with Gasteiger partial charge in [0.05, 0.1) is 5.56 Å². The molecule has 1 N–H and O–H groups in total. The zero-order valence-corrected chi connectivity index (χ0v) is 9.92. The number of ether oxygens (including phenoxy) is 1. The van der Waals surface area contributed by atoms with Crippen LogP contribution in [0.2, 0.25) is 0 Å². The molecular formula is C10H9BrF2O3. The first-order chi connectivity index (χ1) is 7.47. The van der Waals surface area contributed by atoms with Gasteiger partial charge in [-0.05, 0) is 18.6 Å². The van der Waals surface area contributed by atoms with Gasteiger partial charge in [-0.3, -0.25) is 0 Å². The lowest BCUT2D eigenvalue weighted by Crippen LogP contribution is -2.09. The van der Waals surface area contributed by atoms with E-state index in [1.807, 2.05) is 0 Å². The van der Waals surface area contributed by atoms with Crippen LogP contribution in [0.1, 0.15) is 21.5 Å². The molecule has 0 saturated heterocycles. The van der Waals surface area contributed by atoms with E-state index in [1.54, 1.807) is 6.92 Å². The summed E-state index contributed by atoms with van der Waals surface area (Å²) in [5.41, 5.74) is 0.714. The summed E-state index contributed by atoms with van der Waals surface area (Å²) in [5.74, 6) is -1.28. The molecule has 1 rings (SSSR count). The summed E-state index contributed by atoms with van der Waals surface area (Å²) in [6, 6.07) is 2.78. The van der Waals surface area contributed by atoms with Gasteiger partial charge in [0.15, 0.2) is 0 Å². The van der Waals surface area contributed by atoms with Crippen LogP contribution in [0.4, 0.5) is 8.78 Å². The minimum Gasteiger partial charge on any atom is -0.478 e. The van der Waals surface area contributed by atoms with E-state index in [4.69, 9.17) is 5.11 Å². The Labute approximate surface area is 99.2 Å². The van der Waals surface area contributed by atoms with E-state index < -0.39 is 12.6 Å². The molecule has 0 radical (unpaired) electrons. The van der Waals surface area contributed by atoms with E-state index >= 15 is 0 Å². The third kappa shape index (κ3) is 2.69. The van der Waals surface area contributed by atoms with Crippen molar-refractivity contribution in [1.29, 1.82) is 0 Å². The van der Waals surface area contributed by atoms with Crippen LogP contribution in [0, 0.1) is 6.92 Å². The van der Waals surface area contributed by atoms with E-state index in [0.717, 1.165) is 0 Å². The van der Waals surface area contributed by atoms with Crippen LogP contribution < -0.4 is 4.74 Å². The van der Waals surface area contributed by atoms with Gasteiger partial charge in [0, 0.05) is 10.9 Å². The molecule has 0 aliphatic rings. The summed E-state index contributed by atoms with van der Waals surface area (Å²) in [6.45, 7) is -1.37. The van der Waals surface area contributed by atoms with Gasteiger partial charge in [0.25, 0.3) is 0 Å². The molecular weight excluding hydrogens is 286 g/mol. The van der Waals surface area contributed by atoms with Crippen LogP contribution >= 0.6 is 15.9 Å². The molecule has 0 amide bonds. The molecule has 0 unspecified atom stereocenters. The normalized spacial score (nSPS) is 10.6. The molecule has 0 aliphatic carbocycles. The van der Waals surface area contributed by atoms with Crippen LogP contribution in [0.3, 0.4) is 0 Å². The van der Waals surface area contributed by atoms with Crippen molar-refractivity contribution >= 4 is 21.9 Å². The van der Waals surface area contributed by atoms with E-state index in [-0.39, 0.29) is 22.2 Å². The smallest absolute Gasteiger partial charge is 0.387 e. The Morgan fingerprint density at radius 3 is 2.62 bits per heavy atom. The monoisotopic (exact) mass is 294 g/mol. The highest BCUT2D eigenvalue weighted by molar-refractivity contribution is 9.08. The largest absolute Gasteiger partial charge is 0.478 e. The van der Waals surface area contributed by atoms with Crippen molar-refractivity contribution < 1.29 is 23.4 Å². The van der Waals surface area contributed by atoms with Gasteiger partial charge >= 0.3 is 12.6 Å². The zero-order valence-electron chi connectivity index (χ0n) is 8.34. The Morgan fingerprint density at radius 2 is 2.19 bits per heavy atom. The number of carboxylic acid groups (broad SMARTS) is 1. The van der Waals surface area contributed by atoms with Gasteiger partial charge in [-0.25, -0.2) is 4.79 Å². The van der Waals surface area contributed by atoms with Gasteiger partial charge in [-0.1, -0.05) is 22.0 Å². The molecule has 0 aromatic heterocycles. The minimum absolute atomic E-state index is 0.00461. The predicted octanol–water partition coefficient (Wildman–Crippen LogP) is 3.19. The minimum atomic E-state index is -2.97. The maximum Gasteiger partial charge on any atom is 0.387 e. The average Bonchev–Trinajstić information content (AvgIpc) is 2.18. The Bertz CT molecular complexity index is 407. The van der Waals surface area contributed by atoms with Crippen LogP contribution in [-0.2, 0) is 5.33 Å². The SMILES string of the molecule is Cc1ccc(OC(F)F)c(CBr)c1C(=O)O. The molecule has 0 bridgehead atoms. The lowest BCUT2D eigenvalue weighted by atomic mass is 10.0. The number of carboxylic acids is 1. The second-order valence-electron chi connectivity index (χ2n) is 3.05. The highest BCUT2D eigenvalue weighted by Crippen LogP contribution is 2.29. The molecule has 0 heterocycles. The molecule has 1 aromatic carbocycles. The molecule has 0 fully saturated rings. The number of benzene rings is 1. The van der Waals surface area contributed by atoms with Gasteiger partial charge < -0.3 is 9.84 Å². The lowest BCUT2D eigenvalue weighted by molar-refractivity contribution is -0.0504. The number of aromatic carboxylic acids is 1. The van der Waals surface area contributed by atoms with Crippen LogP contribution in [0.5, 0.6) is 5.75 Å². The fraction of sp³-hybridized carbons (Fsp3) is 0.300. The van der Waals surface area contributed by atoms with Crippen LogP contribution in [-0.4, -0.2) is 17.7 Å². The average molecular weight is 295 g/mol. The Kier molecular flexibility index (Phi) is 4.23. The van der Waals surface area contributed by atoms with Crippen LogP contribution in [0.15, 0.2) is 12.1 Å². The van der Waals surface area contributed by atoms with Gasteiger partial charge in [-0.15, -0.1) is 0 Å². The molecule has 0 saturated carbocycles. The number of aryl methyl sites for hydroxylation is 1. The molecule has 6 heteroatoms. The number of halogens is 3. The van der Waals surface area contributed by atoms with E-state index in [2.05, 4.69) is 20.7 Å². The molecule has 88 valence electrons. The maximum atomic E-state index is 12.1. The summed E-state index contributed by atoms with van der Waals surface area (Å²) in [6.07, 6.45) is 0. The highest BCUT2D eigenvalue weighted by Gasteiger charge is 2.18. The molecule has 0 aliphatic heterocycles. The number of hydrogen-bond donors (Lipinski definition) is 1. The van der Waals surface area contributed by atoms with Crippen molar-refractivity contribution in [2.45, 2.75) is 18.9 Å². The Morgan fingerprint density at radius 1 is 1.56 bits per heavy atom. The number of carbonyl (C=O) groups is 1. The highest BCUT2D eigenvalue weighted by atomic mass is 79.9. The quantitative estimate of drug-likeness (QED) is 0.868. The number of rotatable bonds is 4. The molecule has 0 atom stereocenters. The summed E-state index contributed by atoms with van der Waals surface area (Å²) < 4.78 is 28.4. The first kappa shape index (κ1) is 12.9. The van der Waals surface area contributed by atoms with Crippen molar-refractivity contribution in [3.8, 4) is 5.75 Å². The van der Waals surface area contributed by atoms with Crippen molar-refractivity contribution in [2.24, 2.45) is 0 Å². The fourth-order valence-electron chi connectivity index (χ4n) is 1.38. The summed E-state index contributed by atoms with van der Waals surface area (Å²) in [7, 11) is 0. The van der Waals surface area contributed by atoms with Crippen molar-refractivity contribution in [3.05, 3.63) is 28.8 Å². The standard InChI is InChI=1S/C10H9BrF2O3/c1-5-2-3-7(16-10(12)13)6(4-11)8(5)9(14)15/h2-3,10H,4H2,1H3,(H,14,15). The number of hydrogen-bond acceptors (Lipinski definition) is 2. The van der Waals surface area contributed by atoms with E-state index in [9.17, 15) is 13.6 Å². The summed E-state index contributed by atoms with van der Waals surface area (Å²) in [5, 5.41) is 9.11. The van der Waals surface area contributed by atoms with Crippen molar-refractivity contribution in [1.82, 2.24) is 0 Å². The first-order valence-electron chi connectivity index (χ1n) is 4.34. The van der Waals surface area contributed by atoms with Gasteiger partial charge in [-0.2, -0.15) is 8.78 Å². The molecule has 16 heavy (non-hydrogen) atoms. The predicted molar refractivity (Wildman–Crippen MR) is 57.4 cm³/mol. The van der Waals surface area contributed by atoms with Gasteiger partial charge in [0.2, 0.25) is 0 Å². The van der Waals surface area contributed by atoms with Crippen molar-refractivity contribution in [3.63, 3.8) is 0 Å². The second kappa shape index (κ2) is 5.25. The molecule has 0 spiro atoms. The third-order valence-electron chi connectivity index (χ3n) is 2.04. The van der Waals surface area contributed by atoms with E-state index in [0.29, 0.717) is 5.56 Å². The Balaban J connectivity index is 3.31. The van der Waals surface area contributed by atoms with Crippen LogP contribution in [0.25, 0.3) is 0 Å². The maximum absolute atomic E-state index is 12.1. The fourth-order valence-corrected chi connectivity index (χ4v) is 1.94. The summed E-state index contributed by atoms with van der Waals surface area (Å²) >= 11 is 3.06.